The summed E-state index contributed by atoms with van der Waals surface area (Å²) < 4.78 is 59.0. The molecular weight excluding hydrogens is 398 g/mol. The van der Waals surface area contributed by atoms with Crippen LogP contribution in [0.3, 0.4) is 0 Å². The molecule has 1 aromatic heterocycles. The van der Waals surface area contributed by atoms with Crippen LogP contribution in [0, 0.1) is 0 Å². The first kappa shape index (κ1) is 18.3. The van der Waals surface area contributed by atoms with E-state index in [1.165, 1.54) is 0 Å². The van der Waals surface area contributed by atoms with Gasteiger partial charge in [0.05, 0.1) is 0 Å². The van der Waals surface area contributed by atoms with E-state index in [4.69, 9.17) is 58.0 Å². The number of rotatable bonds is 2. The number of nitrogens with zero attached hydrogens (tertiary/aromatic N) is 3. The zero-order valence-electron chi connectivity index (χ0n) is 9.12. The monoisotopic (exact) mass is 399 g/mol. The summed E-state index contributed by atoms with van der Waals surface area (Å²) in [7, 11) is 0.966. The molecule has 13 heteroatoms. The van der Waals surface area contributed by atoms with Gasteiger partial charge in [-0.25, -0.2) is 4.68 Å². The molecule has 0 atom stereocenters. The molecule has 1 rings (SSSR count). The van der Waals surface area contributed by atoms with Crippen LogP contribution in [0.1, 0.15) is 11.4 Å². The zero-order valence-corrected chi connectivity index (χ0v) is 12.9. The van der Waals surface area contributed by atoms with Crippen LogP contribution in [0.15, 0.2) is 0 Å². The average Bonchev–Trinajstić information content (AvgIpc) is 2.57. The van der Waals surface area contributed by atoms with Gasteiger partial charge in [-0.1, -0.05) is 63.2 Å². The fraction of sp³-hybridized carbons (Fsp3) is 0.714. The Bertz CT molecular complexity index is 506. The van der Waals surface area contributed by atoms with Gasteiger partial charge in [-0.2, -0.15) is 22.0 Å². The normalized spacial score (nSPS) is 14.8. The molecule has 0 aromatic carbocycles. The lowest BCUT2D eigenvalue weighted by molar-refractivity contribution is -0.291. The SMILES string of the molecule is Cn1nnc(C(F)(F)C(F)(F)F)c1C(Cl)(Cl)C(Cl)(Cl)Cl. The van der Waals surface area contributed by atoms with Crippen LogP contribution in [-0.4, -0.2) is 25.0 Å². The van der Waals surface area contributed by atoms with Gasteiger partial charge in [0.2, 0.25) is 8.13 Å². The molecule has 1 heterocycles. The fourth-order valence-electron chi connectivity index (χ4n) is 1.19. The minimum absolute atomic E-state index is 0.469. The lowest BCUT2D eigenvalue weighted by atomic mass is 10.1. The highest BCUT2D eigenvalue weighted by molar-refractivity contribution is 6.75. The smallest absolute Gasteiger partial charge is 0.249 e. The third-order valence-electron chi connectivity index (χ3n) is 2.13. The molecule has 20 heavy (non-hydrogen) atoms. The summed E-state index contributed by atoms with van der Waals surface area (Å²) in [4.78, 5) is 0. The molecular formula is C7H3Cl5F5N3. The van der Waals surface area contributed by atoms with Crippen LogP contribution >= 0.6 is 58.0 Å². The molecule has 0 saturated carbocycles. The molecule has 0 aliphatic carbocycles. The van der Waals surface area contributed by atoms with E-state index in [-0.39, 0.29) is 0 Å². The maximum absolute atomic E-state index is 13.4. The molecule has 1 aromatic rings. The molecule has 0 N–H and O–H groups in total. The summed E-state index contributed by atoms with van der Waals surface area (Å²) in [6.07, 6.45) is -5.95. The van der Waals surface area contributed by atoms with Gasteiger partial charge in [-0.15, -0.1) is 5.10 Å². The third kappa shape index (κ3) is 2.90. The Balaban J connectivity index is 3.58. The van der Waals surface area contributed by atoms with Crippen molar-refractivity contribution in [1.82, 2.24) is 15.0 Å². The number of hydrogen-bond acceptors (Lipinski definition) is 2. The summed E-state index contributed by atoms with van der Waals surface area (Å²) in [5.41, 5.74) is -2.92. The highest BCUT2D eigenvalue weighted by atomic mass is 35.6. The molecule has 0 radical (unpaired) electrons. The van der Waals surface area contributed by atoms with Crippen molar-refractivity contribution >= 4 is 58.0 Å². The van der Waals surface area contributed by atoms with Crippen LogP contribution in [0.5, 0.6) is 0 Å². The van der Waals surface area contributed by atoms with Gasteiger partial charge in [-0.05, 0) is 0 Å². The van der Waals surface area contributed by atoms with E-state index in [0.29, 0.717) is 4.68 Å². The summed E-state index contributed by atoms with van der Waals surface area (Å²) in [5, 5.41) is 5.75. The molecule has 0 bridgehead atoms. The van der Waals surface area contributed by atoms with E-state index < -0.39 is 31.6 Å². The summed E-state index contributed by atoms with van der Waals surface area (Å²) >= 11 is 27.4. The molecule has 0 amide bonds. The van der Waals surface area contributed by atoms with Gasteiger partial charge in [-0.3, -0.25) is 0 Å². The Labute approximate surface area is 133 Å². The minimum atomic E-state index is -5.95. The standard InChI is InChI=1S/C7H3Cl5F5N3/c1-20-3(4(8,9)6(10,11)12)2(18-19-20)5(13,14)7(15,16)17/h1H3. The Morgan fingerprint density at radius 2 is 1.40 bits per heavy atom. The topological polar surface area (TPSA) is 30.7 Å². The first-order valence-corrected chi connectivity index (χ1v) is 6.32. The Morgan fingerprint density at radius 3 is 1.75 bits per heavy atom. The first-order valence-electron chi connectivity index (χ1n) is 4.43. The molecule has 0 aliphatic heterocycles. The Morgan fingerprint density at radius 1 is 0.950 bits per heavy atom. The first-order chi connectivity index (χ1) is 8.64. The number of hydrogen-bond donors (Lipinski definition) is 0. The minimum Gasteiger partial charge on any atom is -0.249 e. The van der Waals surface area contributed by atoms with Crippen molar-refractivity contribution in [3.63, 3.8) is 0 Å². The predicted molar refractivity (Wildman–Crippen MR) is 64.6 cm³/mol. The van der Waals surface area contributed by atoms with Crippen molar-refractivity contribution < 1.29 is 22.0 Å². The number of aromatic nitrogens is 3. The van der Waals surface area contributed by atoms with Crippen molar-refractivity contribution in [1.29, 1.82) is 0 Å². The molecule has 0 saturated heterocycles. The molecule has 0 unspecified atom stereocenters. The average molecular weight is 401 g/mol. The van der Waals surface area contributed by atoms with Crippen molar-refractivity contribution in [2.75, 3.05) is 0 Å². The predicted octanol–water partition coefficient (Wildman–Crippen LogP) is 4.47. The highest BCUT2D eigenvalue weighted by Crippen LogP contribution is 2.56. The van der Waals surface area contributed by atoms with Crippen LogP contribution in [0.2, 0.25) is 0 Å². The lowest BCUT2D eigenvalue weighted by Crippen LogP contribution is -2.39. The third-order valence-corrected chi connectivity index (χ3v) is 4.49. The maximum Gasteiger partial charge on any atom is 0.459 e. The van der Waals surface area contributed by atoms with E-state index in [1.54, 1.807) is 0 Å². The summed E-state index contributed by atoms with van der Waals surface area (Å²) in [6, 6.07) is 0. The number of aryl methyl sites for hydroxylation is 1. The molecule has 0 aliphatic rings. The number of alkyl halides is 10. The quantitative estimate of drug-likeness (QED) is 0.541. The van der Waals surface area contributed by atoms with Crippen molar-refractivity contribution in [2.45, 2.75) is 20.2 Å². The largest absolute Gasteiger partial charge is 0.459 e. The zero-order chi connectivity index (χ0) is 16.1. The van der Waals surface area contributed by atoms with Gasteiger partial charge < -0.3 is 0 Å². The maximum atomic E-state index is 13.4. The number of halogens is 10. The molecule has 3 nitrogen and oxygen atoms in total. The summed E-state index contributed by atoms with van der Waals surface area (Å²) in [6.45, 7) is 0. The molecule has 116 valence electrons. The fourth-order valence-corrected chi connectivity index (χ4v) is 1.88. The Kier molecular flexibility index (Phi) is 4.71. The van der Waals surface area contributed by atoms with Crippen LogP contribution in [-0.2, 0) is 17.3 Å². The second kappa shape index (κ2) is 5.15. The van der Waals surface area contributed by atoms with E-state index in [9.17, 15) is 22.0 Å². The van der Waals surface area contributed by atoms with E-state index in [0.717, 1.165) is 7.05 Å². The molecule has 0 fully saturated rings. The highest BCUT2D eigenvalue weighted by Gasteiger charge is 2.65. The van der Waals surface area contributed by atoms with Gasteiger partial charge >= 0.3 is 12.1 Å². The summed E-state index contributed by atoms with van der Waals surface area (Å²) in [5.74, 6) is -5.37. The van der Waals surface area contributed by atoms with Crippen molar-refractivity contribution in [3.8, 4) is 0 Å². The van der Waals surface area contributed by atoms with Crippen molar-refractivity contribution in [3.05, 3.63) is 11.4 Å². The second-order valence-corrected chi connectivity index (χ2v) is 7.16. The van der Waals surface area contributed by atoms with E-state index in [1.807, 2.05) is 0 Å². The van der Waals surface area contributed by atoms with Crippen LogP contribution in [0.25, 0.3) is 0 Å². The van der Waals surface area contributed by atoms with Crippen molar-refractivity contribution in [2.24, 2.45) is 7.05 Å². The van der Waals surface area contributed by atoms with E-state index in [2.05, 4.69) is 10.3 Å². The Hall–Kier alpha value is 0.240. The second-order valence-electron chi connectivity index (χ2n) is 3.55. The lowest BCUT2D eigenvalue weighted by Gasteiger charge is -2.29. The van der Waals surface area contributed by atoms with Gasteiger partial charge in [0.1, 0.15) is 5.69 Å². The van der Waals surface area contributed by atoms with E-state index >= 15 is 0 Å². The van der Waals surface area contributed by atoms with Gasteiger partial charge in [0.15, 0.2) is 5.69 Å². The van der Waals surface area contributed by atoms with Crippen LogP contribution < -0.4 is 0 Å². The van der Waals surface area contributed by atoms with Crippen LogP contribution in [0.4, 0.5) is 22.0 Å². The molecule has 0 spiro atoms. The van der Waals surface area contributed by atoms with Gasteiger partial charge in [0.25, 0.3) is 0 Å². The van der Waals surface area contributed by atoms with Gasteiger partial charge in [0, 0.05) is 7.05 Å².